The summed E-state index contributed by atoms with van der Waals surface area (Å²) in [5.41, 5.74) is 3.87. The molecule has 0 bridgehead atoms. The lowest BCUT2D eigenvalue weighted by Gasteiger charge is -2.33. The number of piperazine rings is 1. The molecule has 0 aliphatic carbocycles. The summed E-state index contributed by atoms with van der Waals surface area (Å²) in [5.74, 6) is -1.33. The molecule has 324 valence electrons. The number of rotatable bonds is 12. The highest BCUT2D eigenvalue weighted by Crippen LogP contribution is 2.39. The number of aromatic nitrogens is 5. The van der Waals surface area contributed by atoms with Crippen LogP contribution >= 0.6 is 0 Å². The minimum absolute atomic E-state index is 0.00267. The van der Waals surface area contributed by atoms with E-state index in [0.717, 1.165) is 44.8 Å². The lowest BCUT2D eigenvalue weighted by Crippen LogP contribution is -2.45. The fraction of sp³-hybridized carbons (Fsp3) is 0.239. The van der Waals surface area contributed by atoms with Crippen LogP contribution in [0.4, 0.5) is 14.6 Å². The van der Waals surface area contributed by atoms with E-state index in [1.807, 2.05) is 6.07 Å². The van der Waals surface area contributed by atoms with Crippen LogP contribution in [-0.4, -0.2) is 113 Å². The van der Waals surface area contributed by atoms with Gasteiger partial charge in [0.1, 0.15) is 28.4 Å². The third-order valence-electron chi connectivity index (χ3n) is 10.6. The third kappa shape index (κ3) is 9.44. The molecule has 3 aromatic heterocycles. The Labute approximate surface area is 361 Å². The minimum atomic E-state index is -1.13. The molecular weight excluding hydrogens is 815 g/mol. The van der Waals surface area contributed by atoms with E-state index >= 15 is 4.39 Å². The Balaban J connectivity index is 0.000000212. The summed E-state index contributed by atoms with van der Waals surface area (Å²) in [6.45, 7) is 8.31. The summed E-state index contributed by atoms with van der Waals surface area (Å²) in [6.07, 6.45) is 7.61. The molecule has 1 saturated heterocycles. The van der Waals surface area contributed by atoms with E-state index < -0.39 is 17.6 Å². The van der Waals surface area contributed by atoms with Gasteiger partial charge < -0.3 is 34.3 Å². The van der Waals surface area contributed by atoms with Crippen LogP contribution in [0.2, 0.25) is 0 Å². The number of carbonyl (C=O) groups is 2. The first-order chi connectivity index (χ1) is 30.6. The molecule has 17 heteroatoms. The Morgan fingerprint density at radius 2 is 1.11 bits per heavy atom. The average Bonchev–Trinajstić information content (AvgIpc) is 3.32. The number of anilines is 1. The van der Waals surface area contributed by atoms with Gasteiger partial charge in [-0.25, -0.2) is 18.6 Å². The van der Waals surface area contributed by atoms with Crippen molar-refractivity contribution >= 4 is 39.8 Å². The van der Waals surface area contributed by atoms with E-state index in [1.165, 1.54) is 83.6 Å². The highest BCUT2D eigenvalue weighted by atomic mass is 19.1. The van der Waals surface area contributed by atoms with Crippen molar-refractivity contribution in [2.24, 2.45) is 0 Å². The number of nitrogens with one attached hydrogen (secondary N) is 1. The van der Waals surface area contributed by atoms with Crippen molar-refractivity contribution in [3.8, 4) is 45.3 Å². The number of halogens is 2. The standard InChI is InChI=1S/C29H31FN6O3.C17H13FN2O4/c1-4-35-11-13-36(14-12-35)18-19-5-8-25(33-17-19)34-29(37)22-7-6-21(27-28(22)32-10-9-31-27)23-15-20(38-2)16-24(39-3)26(23)30;1-23-9-7-12(14(18)13(8-9)24-2)10-3-4-11(17(21)22)16-15(10)19-5-6-20-16/h5-10,15-17H,4,11-14,18H2,1-3H3,(H,33,34,37);3-8H,1-2H3,(H,21,22). The Morgan fingerprint density at radius 3 is 1.57 bits per heavy atom. The van der Waals surface area contributed by atoms with Crippen LogP contribution in [0.15, 0.2) is 91.6 Å². The maximum absolute atomic E-state index is 15.2. The first-order valence-corrected chi connectivity index (χ1v) is 19.8. The van der Waals surface area contributed by atoms with Gasteiger partial charge in [0.15, 0.2) is 23.1 Å². The van der Waals surface area contributed by atoms with Crippen LogP contribution in [0, 0.1) is 11.6 Å². The Morgan fingerprint density at radius 1 is 0.619 bits per heavy atom. The Hall–Kier alpha value is -7.37. The molecule has 4 heterocycles. The molecule has 1 aliphatic rings. The molecular formula is C46H44F2N8O7. The molecule has 15 nitrogen and oxygen atoms in total. The topological polar surface area (TPSA) is 174 Å². The normalized spacial score (nSPS) is 12.9. The second kappa shape index (κ2) is 19.6. The molecule has 0 unspecified atom stereocenters. The second-order valence-corrected chi connectivity index (χ2v) is 14.2. The van der Waals surface area contributed by atoms with Crippen molar-refractivity contribution in [1.29, 1.82) is 0 Å². The number of methoxy groups -OCH3 is 4. The lowest BCUT2D eigenvalue weighted by atomic mass is 9.99. The van der Waals surface area contributed by atoms with E-state index in [9.17, 15) is 19.1 Å². The lowest BCUT2D eigenvalue weighted by molar-refractivity contribution is 0.0698. The molecule has 0 spiro atoms. The van der Waals surface area contributed by atoms with Crippen LogP contribution in [0.5, 0.6) is 23.0 Å². The van der Waals surface area contributed by atoms with E-state index in [2.05, 4.69) is 47.0 Å². The number of hydrogen-bond donors (Lipinski definition) is 2. The van der Waals surface area contributed by atoms with Crippen molar-refractivity contribution in [2.45, 2.75) is 13.5 Å². The Kier molecular flexibility index (Phi) is 13.6. The molecule has 2 N–H and O–H groups in total. The molecule has 0 saturated carbocycles. The average molecular weight is 859 g/mol. The van der Waals surface area contributed by atoms with Crippen molar-refractivity contribution in [3.05, 3.63) is 120 Å². The van der Waals surface area contributed by atoms with Gasteiger partial charge in [0, 0.05) is 98.1 Å². The summed E-state index contributed by atoms with van der Waals surface area (Å²) >= 11 is 0. The number of likely N-dealkylation sites (N-methyl/N-ethyl adjacent to an activating group) is 1. The number of aromatic carboxylic acids is 1. The predicted octanol–water partition coefficient (Wildman–Crippen LogP) is 7.39. The van der Waals surface area contributed by atoms with Crippen LogP contribution in [-0.2, 0) is 6.54 Å². The zero-order chi connectivity index (χ0) is 44.6. The summed E-state index contributed by atoms with van der Waals surface area (Å²) in [6, 6.07) is 15.9. The van der Waals surface area contributed by atoms with E-state index in [1.54, 1.807) is 30.5 Å². The van der Waals surface area contributed by atoms with E-state index in [4.69, 9.17) is 18.9 Å². The number of fused-ring (bicyclic) bond motifs is 2. The minimum Gasteiger partial charge on any atom is -0.497 e. The number of nitrogens with zero attached hydrogens (tertiary/aromatic N) is 7. The van der Waals surface area contributed by atoms with Gasteiger partial charge in [-0.2, -0.15) is 0 Å². The number of benzene rings is 4. The summed E-state index contributed by atoms with van der Waals surface area (Å²) < 4.78 is 50.7. The molecule has 1 fully saturated rings. The fourth-order valence-corrected chi connectivity index (χ4v) is 7.27. The summed E-state index contributed by atoms with van der Waals surface area (Å²) in [5, 5.41) is 12.1. The van der Waals surface area contributed by atoms with Gasteiger partial charge in [0.25, 0.3) is 5.91 Å². The monoisotopic (exact) mass is 858 g/mol. The third-order valence-corrected chi connectivity index (χ3v) is 10.6. The number of amides is 1. The van der Waals surface area contributed by atoms with Crippen molar-refractivity contribution in [2.75, 3.05) is 66.5 Å². The van der Waals surface area contributed by atoms with Crippen molar-refractivity contribution in [3.63, 3.8) is 0 Å². The highest BCUT2D eigenvalue weighted by Gasteiger charge is 2.22. The SMILES string of the molecule is CCN1CCN(Cc2ccc(NC(=O)c3ccc(-c4cc(OC)cc(OC)c4F)c4nccnc34)nc2)CC1.COc1cc(OC)c(F)c(-c2ccc(C(=O)O)c3nccnc23)c1. The zero-order valence-electron chi connectivity index (χ0n) is 35.2. The van der Waals surface area contributed by atoms with Gasteiger partial charge in [-0.1, -0.05) is 25.1 Å². The fourth-order valence-electron chi connectivity index (χ4n) is 7.27. The van der Waals surface area contributed by atoms with Gasteiger partial charge in [-0.15, -0.1) is 0 Å². The maximum Gasteiger partial charge on any atom is 0.337 e. The number of hydrogen-bond acceptors (Lipinski definition) is 13. The summed E-state index contributed by atoms with van der Waals surface area (Å²) in [4.78, 5) is 51.0. The molecule has 1 aliphatic heterocycles. The van der Waals surface area contributed by atoms with E-state index in [0.29, 0.717) is 45.0 Å². The van der Waals surface area contributed by atoms with Crippen molar-refractivity contribution < 1.29 is 42.4 Å². The van der Waals surface area contributed by atoms with Crippen molar-refractivity contribution in [1.82, 2.24) is 34.7 Å². The quantitative estimate of drug-likeness (QED) is 0.124. The van der Waals surface area contributed by atoms with Crippen LogP contribution < -0.4 is 24.3 Å². The summed E-state index contributed by atoms with van der Waals surface area (Å²) in [7, 11) is 5.70. The highest BCUT2D eigenvalue weighted by molar-refractivity contribution is 6.13. The predicted molar refractivity (Wildman–Crippen MR) is 233 cm³/mol. The number of pyridine rings is 1. The zero-order valence-corrected chi connectivity index (χ0v) is 35.2. The first kappa shape index (κ1) is 43.7. The smallest absolute Gasteiger partial charge is 0.337 e. The largest absolute Gasteiger partial charge is 0.497 e. The van der Waals surface area contributed by atoms with E-state index in [-0.39, 0.29) is 45.1 Å². The van der Waals surface area contributed by atoms with Gasteiger partial charge in [0.05, 0.1) is 50.6 Å². The van der Waals surface area contributed by atoms with Gasteiger partial charge in [-0.3, -0.25) is 29.6 Å². The number of ether oxygens (including phenoxy) is 4. The van der Waals surface area contributed by atoms with Gasteiger partial charge in [-0.05, 0) is 42.4 Å². The molecule has 0 atom stereocenters. The second-order valence-electron chi connectivity index (χ2n) is 14.2. The maximum atomic E-state index is 15.2. The number of carboxylic acid groups (broad SMARTS) is 1. The molecule has 1 amide bonds. The van der Waals surface area contributed by atoms with Gasteiger partial charge >= 0.3 is 5.97 Å². The first-order valence-electron chi connectivity index (χ1n) is 19.8. The number of carbonyl (C=O) groups excluding carboxylic acids is 1. The Bertz CT molecular complexity index is 2790. The van der Waals surface area contributed by atoms with Crippen LogP contribution in [0.1, 0.15) is 33.2 Å². The number of carboxylic acids is 1. The molecule has 7 aromatic rings. The molecule has 0 radical (unpaired) electrons. The molecule has 8 rings (SSSR count). The molecule has 4 aromatic carbocycles. The van der Waals surface area contributed by atoms with Crippen LogP contribution in [0.3, 0.4) is 0 Å². The van der Waals surface area contributed by atoms with Gasteiger partial charge in [0.2, 0.25) is 0 Å². The van der Waals surface area contributed by atoms with Crippen LogP contribution in [0.25, 0.3) is 44.3 Å². The molecule has 63 heavy (non-hydrogen) atoms.